The fourth-order valence-electron chi connectivity index (χ4n) is 0.602. The monoisotopic (exact) mass is 136 g/mol. The number of nitrogens with one attached hydrogen (secondary N) is 1. The highest BCUT2D eigenvalue weighted by molar-refractivity contribution is 5.78. The summed E-state index contributed by atoms with van der Waals surface area (Å²) in [6.07, 6.45) is 3.39. The van der Waals surface area contributed by atoms with Crippen molar-refractivity contribution >= 4 is 6.03 Å². The quantitative estimate of drug-likeness (QED) is 0.491. The zero-order valence-electron chi connectivity index (χ0n) is 5.72. The predicted molar refractivity (Wildman–Crippen MR) is 38.1 cm³/mol. The molecule has 0 unspecified atom stereocenters. The van der Waals surface area contributed by atoms with Gasteiger partial charge >= 0.3 is 6.03 Å². The van der Waals surface area contributed by atoms with Crippen LogP contribution in [-0.4, -0.2) is 18.0 Å². The van der Waals surface area contributed by atoms with Crippen molar-refractivity contribution in [1.82, 2.24) is 10.2 Å². The highest BCUT2D eigenvalue weighted by atomic mass is 16.2. The number of carbonyl (C=O) groups excluding carboxylic acids is 1. The van der Waals surface area contributed by atoms with E-state index in [9.17, 15) is 4.79 Å². The third kappa shape index (κ3) is 1.09. The number of rotatable bonds is 0. The summed E-state index contributed by atoms with van der Waals surface area (Å²) in [7, 11) is 1.67. The average molecular weight is 136 g/mol. The summed E-state index contributed by atoms with van der Waals surface area (Å²) in [5.41, 5.74) is 3.19. The van der Waals surface area contributed by atoms with Crippen molar-refractivity contribution < 1.29 is 4.79 Å². The van der Waals surface area contributed by atoms with E-state index in [2.05, 4.69) is 17.6 Å². The van der Waals surface area contributed by atoms with Gasteiger partial charge in [-0.25, -0.2) is 4.79 Å². The van der Waals surface area contributed by atoms with Gasteiger partial charge in [0.15, 0.2) is 0 Å². The van der Waals surface area contributed by atoms with Crippen LogP contribution in [0.2, 0.25) is 0 Å². The highest BCUT2D eigenvalue weighted by Gasteiger charge is 2.09. The summed E-state index contributed by atoms with van der Waals surface area (Å²) < 4.78 is 0. The smallest absolute Gasteiger partial charge is 0.304 e. The molecular weight excluding hydrogens is 128 g/mol. The molecule has 1 heterocycles. The Kier molecular flexibility index (Phi) is 1.61. The van der Waals surface area contributed by atoms with E-state index >= 15 is 0 Å². The Morgan fingerprint density at radius 2 is 2.50 bits per heavy atom. The summed E-state index contributed by atoms with van der Waals surface area (Å²) in [5.74, 6) is 0. The number of urea groups is 1. The number of carbonyl (C=O) groups is 1. The molecule has 0 fully saturated rings. The molecule has 0 spiro atoms. The van der Waals surface area contributed by atoms with E-state index in [0.29, 0.717) is 5.70 Å². The van der Waals surface area contributed by atoms with Crippen LogP contribution in [0.4, 0.5) is 4.79 Å². The molecule has 1 aliphatic rings. The number of hydrogen-bond acceptors (Lipinski definition) is 1. The Labute approximate surface area is 59.3 Å². The first kappa shape index (κ1) is 6.65. The van der Waals surface area contributed by atoms with Gasteiger partial charge in [-0.15, -0.1) is 5.73 Å². The molecule has 1 aliphatic heterocycles. The minimum Gasteiger partial charge on any atom is -0.304 e. The van der Waals surface area contributed by atoms with Crippen LogP contribution in [0.15, 0.2) is 30.3 Å². The van der Waals surface area contributed by atoms with Gasteiger partial charge in [0.05, 0.1) is 5.70 Å². The summed E-state index contributed by atoms with van der Waals surface area (Å²) in [4.78, 5) is 12.3. The molecule has 0 radical (unpaired) electrons. The van der Waals surface area contributed by atoms with E-state index in [4.69, 9.17) is 0 Å². The van der Waals surface area contributed by atoms with Crippen LogP contribution in [0, 0.1) is 0 Å². The van der Waals surface area contributed by atoms with Crippen LogP contribution in [-0.2, 0) is 0 Å². The van der Waals surface area contributed by atoms with Gasteiger partial charge in [0.1, 0.15) is 0 Å². The normalized spacial score (nSPS) is 16.7. The molecule has 3 nitrogen and oxygen atoms in total. The lowest BCUT2D eigenvalue weighted by Gasteiger charge is -2.17. The van der Waals surface area contributed by atoms with E-state index in [1.165, 1.54) is 4.90 Å². The van der Waals surface area contributed by atoms with Gasteiger partial charge in [-0.3, -0.25) is 0 Å². The molecule has 0 atom stereocenters. The van der Waals surface area contributed by atoms with Gasteiger partial charge in [-0.1, -0.05) is 6.58 Å². The summed E-state index contributed by atoms with van der Waals surface area (Å²) in [6, 6.07) is -0.159. The van der Waals surface area contributed by atoms with Crippen molar-refractivity contribution in [2.45, 2.75) is 0 Å². The van der Waals surface area contributed by atoms with E-state index < -0.39 is 0 Å². The first-order valence-corrected chi connectivity index (χ1v) is 2.86. The largest absolute Gasteiger partial charge is 0.326 e. The molecule has 0 aromatic carbocycles. The van der Waals surface area contributed by atoms with Gasteiger partial charge in [-0.2, -0.15) is 0 Å². The first-order valence-electron chi connectivity index (χ1n) is 2.86. The Hall–Kier alpha value is -1.47. The van der Waals surface area contributed by atoms with E-state index in [1.807, 2.05) is 0 Å². The summed E-state index contributed by atoms with van der Waals surface area (Å²) in [5, 5.41) is 2.56. The lowest BCUT2D eigenvalue weighted by molar-refractivity contribution is 0.223. The van der Waals surface area contributed by atoms with Crippen molar-refractivity contribution in [2.24, 2.45) is 0 Å². The minimum absolute atomic E-state index is 0.159. The van der Waals surface area contributed by atoms with E-state index in [1.54, 1.807) is 19.3 Å². The van der Waals surface area contributed by atoms with Crippen molar-refractivity contribution in [3.63, 3.8) is 0 Å². The van der Waals surface area contributed by atoms with Crippen molar-refractivity contribution in [3.05, 3.63) is 30.3 Å². The zero-order valence-corrected chi connectivity index (χ0v) is 5.72. The molecule has 3 heteroatoms. The second kappa shape index (κ2) is 2.42. The molecule has 10 heavy (non-hydrogen) atoms. The molecule has 0 aromatic rings. The minimum atomic E-state index is -0.159. The number of hydrogen-bond donors (Lipinski definition) is 1. The topological polar surface area (TPSA) is 32.3 Å². The number of allylic oxidation sites excluding steroid dienone is 1. The lowest BCUT2D eigenvalue weighted by atomic mass is 10.4. The van der Waals surface area contributed by atoms with Crippen molar-refractivity contribution in [1.29, 1.82) is 0 Å². The molecule has 2 amide bonds. The van der Waals surface area contributed by atoms with Crippen molar-refractivity contribution in [3.8, 4) is 0 Å². The molecular formula is C7H8N2O. The Morgan fingerprint density at radius 1 is 1.80 bits per heavy atom. The Balaban J connectivity index is 2.88. The average Bonchev–Trinajstić information content (AvgIpc) is 1.95. The van der Waals surface area contributed by atoms with Crippen LogP contribution in [0.25, 0.3) is 0 Å². The maximum absolute atomic E-state index is 10.8. The molecule has 0 aromatic heterocycles. The number of nitrogens with zero attached hydrogens (tertiary/aromatic N) is 1. The Morgan fingerprint density at radius 3 is 3.00 bits per heavy atom. The second-order valence-electron chi connectivity index (χ2n) is 1.95. The van der Waals surface area contributed by atoms with E-state index in [0.717, 1.165) is 0 Å². The third-order valence-corrected chi connectivity index (χ3v) is 1.22. The molecule has 1 N–H and O–H groups in total. The molecule has 1 rings (SSSR count). The van der Waals surface area contributed by atoms with Gasteiger partial charge in [0, 0.05) is 13.2 Å². The molecule has 0 saturated heterocycles. The predicted octanol–water partition coefficient (Wildman–Crippen LogP) is 0.824. The van der Waals surface area contributed by atoms with E-state index in [-0.39, 0.29) is 6.03 Å². The van der Waals surface area contributed by atoms with Gasteiger partial charge in [-0.05, 0) is 6.08 Å². The number of amides is 2. The van der Waals surface area contributed by atoms with Crippen LogP contribution in [0.1, 0.15) is 0 Å². The third-order valence-electron chi connectivity index (χ3n) is 1.22. The first-order chi connectivity index (χ1) is 4.74. The summed E-state index contributed by atoms with van der Waals surface area (Å²) in [6.45, 7) is 3.40. The molecule has 52 valence electrons. The summed E-state index contributed by atoms with van der Waals surface area (Å²) >= 11 is 0. The molecule has 0 bridgehead atoms. The van der Waals surface area contributed by atoms with Gasteiger partial charge < -0.3 is 10.2 Å². The maximum Gasteiger partial charge on any atom is 0.326 e. The highest BCUT2D eigenvalue weighted by Crippen LogP contribution is 1.99. The molecule has 0 saturated carbocycles. The SMILES string of the molecule is C=C=C1C=CN(C)C(=O)N1. The second-order valence-corrected chi connectivity index (χ2v) is 1.95. The lowest BCUT2D eigenvalue weighted by Crippen LogP contribution is -2.35. The fraction of sp³-hybridized carbons (Fsp3) is 0.143. The standard InChI is InChI=1S/C7H8N2O/c1-3-6-4-5-9(2)7(10)8-6/h4-5H,1H2,2H3,(H,8,10). The van der Waals surface area contributed by atoms with Crippen LogP contribution >= 0.6 is 0 Å². The van der Waals surface area contributed by atoms with Crippen molar-refractivity contribution in [2.75, 3.05) is 7.05 Å². The zero-order chi connectivity index (χ0) is 7.56. The molecule has 0 aliphatic carbocycles. The van der Waals surface area contributed by atoms with Crippen LogP contribution in [0.3, 0.4) is 0 Å². The maximum atomic E-state index is 10.8. The van der Waals surface area contributed by atoms with Crippen LogP contribution < -0.4 is 5.32 Å². The van der Waals surface area contributed by atoms with Crippen LogP contribution in [0.5, 0.6) is 0 Å². The van der Waals surface area contributed by atoms with Gasteiger partial charge in [0.2, 0.25) is 0 Å². The van der Waals surface area contributed by atoms with Gasteiger partial charge in [0.25, 0.3) is 0 Å². The fourth-order valence-corrected chi connectivity index (χ4v) is 0.602. The Bertz CT molecular complexity index is 236.